The summed E-state index contributed by atoms with van der Waals surface area (Å²) >= 11 is 1.43. The molecule has 3 rings (SSSR count). The number of thiophene rings is 1. The molecule has 5 nitrogen and oxygen atoms in total. The molecular weight excluding hydrogens is 356 g/mol. The van der Waals surface area contributed by atoms with Gasteiger partial charge in [0.15, 0.2) is 9.84 Å². The number of benzene rings is 1. The summed E-state index contributed by atoms with van der Waals surface area (Å²) in [4.78, 5) is 13.3. The minimum atomic E-state index is -3.36. The predicted molar refractivity (Wildman–Crippen MR) is 98.2 cm³/mol. The van der Waals surface area contributed by atoms with Crippen molar-refractivity contribution >= 4 is 32.1 Å². The van der Waals surface area contributed by atoms with Gasteiger partial charge in [-0.3, -0.25) is 4.79 Å². The molecule has 7 heteroatoms. The summed E-state index contributed by atoms with van der Waals surface area (Å²) in [5, 5.41) is 12.6. The highest BCUT2D eigenvalue weighted by Crippen LogP contribution is 2.38. The number of carbonyl (C=O) groups excluding carboxylic acids is 1. The van der Waals surface area contributed by atoms with Crippen molar-refractivity contribution < 1.29 is 13.2 Å². The minimum Gasteiger partial charge on any atom is -0.317 e. The lowest BCUT2D eigenvalue weighted by molar-refractivity contribution is -0.115. The number of hydrogen-bond donors (Lipinski definition) is 1. The van der Waals surface area contributed by atoms with Crippen LogP contribution in [-0.2, 0) is 33.2 Å². The molecule has 0 radical (unpaired) electrons. The molecule has 1 aromatic carbocycles. The van der Waals surface area contributed by atoms with Crippen LogP contribution in [0.15, 0.2) is 30.3 Å². The SMILES string of the molecule is N#Cc1c(NC(=O)CCS(=O)(=O)Cc2ccccc2)sc2c1CCC2. The highest BCUT2D eigenvalue weighted by molar-refractivity contribution is 7.90. The Morgan fingerprint density at radius 1 is 1.24 bits per heavy atom. The molecule has 0 unspecified atom stereocenters. The van der Waals surface area contributed by atoms with Crippen LogP contribution in [0.2, 0.25) is 0 Å². The molecule has 0 saturated heterocycles. The Morgan fingerprint density at radius 3 is 2.72 bits per heavy atom. The van der Waals surface area contributed by atoms with Gasteiger partial charge in [-0.2, -0.15) is 5.26 Å². The van der Waals surface area contributed by atoms with E-state index in [1.165, 1.54) is 11.3 Å². The van der Waals surface area contributed by atoms with Crippen molar-refractivity contribution in [3.05, 3.63) is 51.9 Å². The molecule has 0 saturated carbocycles. The van der Waals surface area contributed by atoms with Gasteiger partial charge in [0.2, 0.25) is 5.91 Å². The zero-order chi connectivity index (χ0) is 17.9. The fourth-order valence-electron chi connectivity index (χ4n) is 2.95. The maximum absolute atomic E-state index is 12.2. The zero-order valence-electron chi connectivity index (χ0n) is 13.6. The summed E-state index contributed by atoms with van der Waals surface area (Å²) in [6, 6.07) is 11.1. The lowest BCUT2D eigenvalue weighted by atomic mass is 10.1. The lowest BCUT2D eigenvalue weighted by Gasteiger charge is -2.06. The first kappa shape index (κ1) is 17.6. The predicted octanol–water partition coefficient (Wildman–Crippen LogP) is 3.05. The molecule has 1 heterocycles. The van der Waals surface area contributed by atoms with E-state index in [4.69, 9.17) is 0 Å². The van der Waals surface area contributed by atoms with Crippen molar-refractivity contribution in [2.75, 3.05) is 11.1 Å². The van der Waals surface area contributed by atoms with Crippen LogP contribution in [0.4, 0.5) is 5.00 Å². The molecule has 0 bridgehead atoms. The first-order valence-corrected chi connectivity index (χ1v) is 10.7. The van der Waals surface area contributed by atoms with E-state index in [0.717, 1.165) is 29.7 Å². The largest absolute Gasteiger partial charge is 0.317 e. The number of fused-ring (bicyclic) bond motifs is 1. The summed E-state index contributed by atoms with van der Waals surface area (Å²) in [6.45, 7) is 0. The Kier molecular flexibility index (Phi) is 5.21. The van der Waals surface area contributed by atoms with Crippen LogP contribution in [0.3, 0.4) is 0 Å². The molecule has 1 aromatic heterocycles. The van der Waals surface area contributed by atoms with Crippen molar-refractivity contribution in [3.63, 3.8) is 0 Å². The van der Waals surface area contributed by atoms with Crippen molar-refractivity contribution in [2.45, 2.75) is 31.4 Å². The number of carbonyl (C=O) groups is 1. The molecule has 0 atom stereocenters. The maximum Gasteiger partial charge on any atom is 0.226 e. The third kappa shape index (κ3) is 4.27. The van der Waals surface area contributed by atoms with E-state index < -0.39 is 9.84 Å². The van der Waals surface area contributed by atoms with E-state index in [0.29, 0.717) is 16.1 Å². The van der Waals surface area contributed by atoms with Crippen LogP contribution < -0.4 is 5.32 Å². The summed E-state index contributed by atoms with van der Waals surface area (Å²) < 4.78 is 24.3. The first-order chi connectivity index (χ1) is 12.0. The monoisotopic (exact) mass is 374 g/mol. The van der Waals surface area contributed by atoms with E-state index in [-0.39, 0.29) is 23.8 Å². The fourth-order valence-corrected chi connectivity index (χ4v) is 5.55. The first-order valence-electron chi connectivity index (χ1n) is 8.07. The molecule has 25 heavy (non-hydrogen) atoms. The van der Waals surface area contributed by atoms with E-state index >= 15 is 0 Å². The Morgan fingerprint density at radius 2 is 2.00 bits per heavy atom. The standard InChI is InChI=1S/C18H18N2O3S2/c19-11-15-14-7-4-8-16(14)24-18(15)20-17(21)9-10-25(22,23)12-13-5-2-1-3-6-13/h1-3,5-6H,4,7-10,12H2,(H,20,21). The Labute approximate surface area is 151 Å². The molecule has 130 valence electrons. The van der Waals surface area contributed by atoms with Gasteiger partial charge in [-0.1, -0.05) is 30.3 Å². The van der Waals surface area contributed by atoms with Crippen LogP contribution in [0.1, 0.15) is 34.4 Å². The van der Waals surface area contributed by atoms with Crippen LogP contribution in [-0.4, -0.2) is 20.1 Å². The average molecular weight is 374 g/mol. The molecule has 1 aliphatic carbocycles. The van der Waals surface area contributed by atoms with Crippen LogP contribution in [0, 0.1) is 11.3 Å². The summed E-state index contributed by atoms with van der Waals surface area (Å²) in [6.07, 6.45) is 2.75. The number of nitrogens with one attached hydrogen (secondary N) is 1. The van der Waals surface area contributed by atoms with Gasteiger partial charge in [0.1, 0.15) is 11.1 Å². The number of nitriles is 1. The summed E-state index contributed by atoms with van der Waals surface area (Å²) in [5.41, 5.74) is 2.29. The lowest BCUT2D eigenvalue weighted by Crippen LogP contribution is -2.18. The topological polar surface area (TPSA) is 87.0 Å². The molecule has 1 N–H and O–H groups in total. The van der Waals surface area contributed by atoms with Crippen LogP contribution >= 0.6 is 11.3 Å². The van der Waals surface area contributed by atoms with Gasteiger partial charge in [-0.15, -0.1) is 11.3 Å². The van der Waals surface area contributed by atoms with Crippen molar-refractivity contribution in [3.8, 4) is 6.07 Å². The number of hydrogen-bond acceptors (Lipinski definition) is 5. The zero-order valence-corrected chi connectivity index (χ0v) is 15.3. The summed E-state index contributed by atoms with van der Waals surface area (Å²) in [5.74, 6) is -0.647. The molecule has 1 aliphatic rings. The third-order valence-corrected chi connectivity index (χ3v) is 6.96. The van der Waals surface area contributed by atoms with E-state index in [1.807, 2.05) is 6.07 Å². The van der Waals surface area contributed by atoms with Gasteiger partial charge in [0.05, 0.1) is 17.1 Å². The number of anilines is 1. The molecular formula is C18H18N2O3S2. The highest BCUT2D eigenvalue weighted by Gasteiger charge is 2.23. The molecule has 0 spiro atoms. The number of rotatable bonds is 6. The van der Waals surface area contributed by atoms with Crippen LogP contribution in [0.25, 0.3) is 0 Å². The minimum absolute atomic E-state index is 0.0716. The Hall–Kier alpha value is -2.17. The smallest absolute Gasteiger partial charge is 0.226 e. The highest BCUT2D eigenvalue weighted by atomic mass is 32.2. The quantitative estimate of drug-likeness (QED) is 0.842. The number of aryl methyl sites for hydroxylation is 1. The molecule has 2 aromatic rings. The van der Waals surface area contributed by atoms with Gasteiger partial charge in [-0.05, 0) is 30.4 Å². The molecule has 0 aliphatic heterocycles. The van der Waals surface area contributed by atoms with Gasteiger partial charge in [-0.25, -0.2) is 8.42 Å². The normalized spacial score (nSPS) is 13.2. The number of nitrogens with zero attached hydrogens (tertiary/aromatic N) is 1. The van der Waals surface area contributed by atoms with Gasteiger partial charge < -0.3 is 5.32 Å². The maximum atomic E-state index is 12.2. The van der Waals surface area contributed by atoms with Crippen molar-refractivity contribution in [1.82, 2.24) is 0 Å². The average Bonchev–Trinajstić information content (AvgIpc) is 3.14. The summed E-state index contributed by atoms with van der Waals surface area (Å²) in [7, 11) is -3.36. The molecule has 1 amide bonds. The Bertz CT molecular complexity index is 925. The molecule has 0 fully saturated rings. The van der Waals surface area contributed by atoms with Gasteiger partial charge in [0, 0.05) is 11.3 Å². The second-order valence-corrected chi connectivity index (χ2v) is 9.34. The van der Waals surface area contributed by atoms with Crippen LogP contribution in [0.5, 0.6) is 0 Å². The number of amides is 1. The Balaban J connectivity index is 1.59. The van der Waals surface area contributed by atoms with Gasteiger partial charge in [0.25, 0.3) is 0 Å². The van der Waals surface area contributed by atoms with Gasteiger partial charge >= 0.3 is 0 Å². The van der Waals surface area contributed by atoms with E-state index in [9.17, 15) is 18.5 Å². The number of sulfone groups is 1. The van der Waals surface area contributed by atoms with E-state index in [2.05, 4.69) is 11.4 Å². The van der Waals surface area contributed by atoms with E-state index in [1.54, 1.807) is 24.3 Å². The second kappa shape index (κ2) is 7.38. The fraction of sp³-hybridized carbons (Fsp3) is 0.333. The van der Waals surface area contributed by atoms with Crippen molar-refractivity contribution in [2.24, 2.45) is 0 Å². The van der Waals surface area contributed by atoms with Crippen molar-refractivity contribution in [1.29, 1.82) is 5.26 Å². The third-order valence-electron chi connectivity index (χ3n) is 4.16. The second-order valence-electron chi connectivity index (χ2n) is 6.05.